The van der Waals surface area contributed by atoms with Gasteiger partial charge in [-0.1, -0.05) is 6.07 Å². The van der Waals surface area contributed by atoms with Gasteiger partial charge in [-0.2, -0.15) is 0 Å². The molecule has 17 heavy (non-hydrogen) atoms. The summed E-state index contributed by atoms with van der Waals surface area (Å²) in [5.41, 5.74) is 1.13. The third-order valence-electron chi connectivity index (χ3n) is 2.56. The van der Waals surface area contributed by atoms with Crippen LogP contribution in [0.15, 0.2) is 42.0 Å². The maximum Gasteiger partial charge on any atom is 0.264 e. The molecule has 2 rings (SSSR count). The number of nitrogens with zero attached hydrogens (tertiary/aromatic N) is 1. The summed E-state index contributed by atoms with van der Waals surface area (Å²) in [6.45, 7) is 3.37. The molecule has 0 saturated carbocycles. The fraction of sp³-hybridized carbons (Fsp3) is 0.231. The van der Waals surface area contributed by atoms with E-state index in [9.17, 15) is 4.79 Å². The lowest BCUT2D eigenvalue weighted by molar-refractivity contribution is -0.378. The molecule has 3 nitrogen and oxygen atoms in total. The number of aromatic amines is 1. The molecule has 1 N–H and O–H groups in total. The van der Waals surface area contributed by atoms with Crippen LogP contribution in [0.1, 0.15) is 22.2 Å². The van der Waals surface area contributed by atoms with Crippen LogP contribution >= 0.6 is 11.3 Å². The Morgan fingerprint density at radius 2 is 2.12 bits per heavy atom. The number of pyridine rings is 1. The Morgan fingerprint density at radius 1 is 1.35 bits per heavy atom. The summed E-state index contributed by atoms with van der Waals surface area (Å²) in [5.74, 6) is 0.107. The Morgan fingerprint density at radius 3 is 2.71 bits per heavy atom. The molecule has 0 radical (unpaired) electrons. The third-order valence-corrected chi connectivity index (χ3v) is 3.42. The van der Waals surface area contributed by atoms with Gasteiger partial charge in [-0.15, -0.1) is 11.3 Å². The van der Waals surface area contributed by atoms with E-state index in [0.717, 1.165) is 17.0 Å². The molecule has 1 amide bonds. The van der Waals surface area contributed by atoms with Gasteiger partial charge in [-0.3, -0.25) is 4.79 Å². The zero-order chi connectivity index (χ0) is 12.1. The molecule has 2 heterocycles. The van der Waals surface area contributed by atoms with E-state index in [1.165, 1.54) is 11.3 Å². The molecule has 0 aromatic carbocycles. The van der Waals surface area contributed by atoms with E-state index in [4.69, 9.17) is 0 Å². The van der Waals surface area contributed by atoms with Crippen LogP contribution in [0.3, 0.4) is 0 Å². The lowest BCUT2D eigenvalue weighted by Gasteiger charge is -2.19. The predicted octanol–water partition coefficient (Wildman–Crippen LogP) is 2.22. The third kappa shape index (κ3) is 2.91. The van der Waals surface area contributed by atoms with Crippen LogP contribution in [0, 0.1) is 0 Å². The summed E-state index contributed by atoms with van der Waals surface area (Å²) < 4.78 is 0. The van der Waals surface area contributed by atoms with Crippen molar-refractivity contribution < 1.29 is 9.78 Å². The van der Waals surface area contributed by atoms with Crippen molar-refractivity contribution in [2.45, 2.75) is 13.5 Å². The highest BCUT2D eigenvalue weighted by atomic mass is 32.1. The normalized spacial score (nSPS) is 10.2. The van der Waals surface area contributed by atoms with Crippen LogP contribution in [-0.4, -0.2) is 17.4 Å². The van der Waals surface area contributed by atoms with Crippen molar-refractivity contribution in [1.29, 1.82) is 0 Å². The largest absolute Gasteiger partial charge is 0.334 e. The first-order chi connectivity index (χ1) is 8.31. The zero-order valence-electron chi connectivity index (χ0n) is 9.72. The minimum absolute atomic E-state index is 0.107. The van der Waals surface area contributed by atoms with Gasteiger partial charge in [0.15, 0.2) is 12.4 Å². The topological polar surface area (TPSA) is 34.5 Å². The standard InChI is InChI=1S/C13H14N2OS/c1-2-15(10-11-5-7-14-8-6-11)13(16)12-4-3-9-17-12/h3-9H,2,10H2,1H3/p+1. The lowest BCUT2D eigenvalue weighted by Crippen LogP contribution is -2.29. The Kier molecular flexibility index (Phi) is 3.88. The predicted molar refractivity (Wildman–Crippen MR) is 67.7 cm³/mol. The van der Waals surface area contributed by atoms with Crippen molar-refractivity contribution in [3.05, 3.63) is 52.5 Å². The van der Waals surface area contributed by atoms with Gasteiger partial charge in [-0.25, -0.2) is 4.98 Å². The van der Waals surface area contributed by atoms with Crippen molar-refractivity contribution in [1.82, 2.24) is 4.90 Å². The Balaban J connectivity index is 2.10. The monoisotopic (exact) mass is 247 g/mol. The van der Waals surface area contributed by atoms with Gasteiger partial charge in [-0.05, 0) is 23.9 Å². The van der Waals surface area contributed by atoms with Crippen LogP contribution in [0.2, 0.25) is 0 Å². The van der Waals surface area contributed by atoms with Gasteiger partial charge in [0.2, 0.25) is 0 Å². The summed E-state index contributed by atoms with van der Waals surface area (Å²) in [6.07, 6.45) is 3.75. The first-order valence-corrected chi connectivity index (χ1v) is 6.47. The van der Waals surface area contributed by atoms with E-state index in [0.29, 0.717) is 6.54 Å². The summed E-state index contributed by atoms with van der Waals surface area (Å²) >= 11 is 1.49. The molecule has 0 unspecified atom stereocenters. The number of nitrogens with one attached hydrogen (secondary N) is 1. The second-order valence-corrected chi connectivity index (χ2v) is 4.65. The van der Waals surface area contributed by atoms with Crippen LogP contribution in [-0.2, 0) is 6.54 Å². The van der Waals surface area contributed by atoms with Gasteiger partial charge in [0.25, 0.3) is 5.91 Å². The summed E-state index contributed by atoms with van der Waals surface area (Å²) in [6, 6.07) is 7.76. The molecule has 0 aliphatic rings. The summed E-state index contributed by atoms with van der Waals surface area (Å²) in [5, 5.41) is 1.93. The highest BCUT2D eigenvalue weighted by molar-refractivity contribution is 7.12. The molecule has 0 aliphatic carbocycles. The maximum atomic E-state index is 12.2. The second-order valence-electron chi connectivity index (χ2n) is 3.70. The van der Waals surface area contributed by atoms with E-state index in [1.54, 1.807) is 0 Å². The van der Waals surface area contributed by atoms with Crippen molar-refractivity contribution in [2.24, 2.45) is 0 Å². The smallest absolute Gasteiger partial charge is 0.264 e. The molecule has 4 heteroatoms. The molecular formula is C13H15N2OS+. The van der Waals surface area contributed by atoms with Crippen molar-refractivity contribution in [2.75, 3.05) is 6.54 Å². The van der Waals surface area contributed by atoms with Crippen molar-refractivity contribution in [3.8, 4) is 0 Å². The highest BCUT2D eigenvalue weighted by Gasteiger charge is 2.15. The number of H-pyrrole nitrogens is 1. The molecule has 0 aliphatic heterocycles. The van der Waals surface area contributed by atoms with Crippen LogP contribution < -0.4 is 4.98 Å². The van der Waals surface area contributed by atoms with Crippen molar-refractivity contribution in [3.63, 3.8) is 0 Å². The highest BCUT2D eigenvalue weighted by Crippen LogP contribution is 2.13. The lowest BCUT2D eigenvalue weighted by atomic mass is 10.2. The minimum Gasteiger partial charge on any atom is -0.334 e. The van der Waals surface area contributed by atoms with Gasteiger partial charge in [0, 0.05) is 25.2 Å². The Labute approximate surface area is 105 Å². The fourth-order valence-electron chi connectivity index (χ4n) is 1.63. The van der Waals surface area contributed by atoms with Gasteiger partial charge in [0.1, 0.15) is 0 Å². The van der Waals surface area contributed by atoms with E-state index in [-0.39, 0.29) is 5.91 Å². The summed E-state index contributed by atoms with van der Waals surface area (Å²) in [4.78, 5) is 17.8. The molecule has 2 aromatic heterocycles. The number of carbonyl (C=O) groups is 1. The zero-order valence-corrected chi connectivity index (χ0v) is 10.5. The van der Waals surface area contributed by atoms with Crippen LogP contribution in [0.5, 0.6) is 0 Å². The minimum atomic E-state index is 0.107. The van der Waals surface area contributed by atoms with E-state index >= 15 is 0 Å². The molecule has 0 bridgehead atoms. The Bertz CT molecular complexity index is 467. The molecular weight excluding hydrogens is 232 g/mol. The number of thiophene rings is 1. The number of rotatable bonds is 4. The summed E-state index contributed by atoms with van der Waals surface area (Å²) in [7, 11) is 0. The number of carbonyl (C=O) groups excluding carboxylic acids is 1. The fourth-order valence-corrected chi connectivity index (χ4v) is 2.32. The van der Waals surface area contributed by atoms with E-state index in [1.807, 2.05) is 53.9 Å². The molecule has 0 fully saturated rings. The van der Waals surface area contributed by atoms with Gasteiger partial charge >= 0.3 is 0 Å². The number of hydrogen-bond donors (Lipinski definition) is 0. The quantitative estimate of drug-likeness (QED) is 0.815. The second kappa shape index (κ2) is 5.59. The number of amides is 1. The molecule has 0 saturated heterocycles. The van der Waals surface area contributed by atoms with Crippen LogP contribution in [0.4, 0.5) is 0 Å². The average Bonchev–Trinajstić information content (AvgIpc) is 2.90. The maximum absolute atomic E-state index is 12.2. The van der Waals surface area contributed by atoms with Crippen LogP contribution in [0.25, 0.3) is 0 Å². The van der Waals surface area contributed by atoms with E-state index < -0.39 is 0 Å². The average molecular weight is 247 g/mol. The molecule has 0 spiro atoms. The Hall–Kier alpha value is -1.68. The molecule has 0 atom stereocenters. The SMILES string of the molecule is CCN(Cc1cc[nH+]cc1)C(=O)c1cccs1. The van der Waals surface area contributed by atoms with Crippen molar-refractivity contribution >= 4 is 17.2 Å². The first-order valence-electron chi connectivity index (χ1n) is 5.59. The van der Waals surface area contributed by atoms with Gasteiger partial charge in [0.05, 0.1) is 4.88 Å². The molecule has 88 valence electrons. The number of aromatic nitrogens is 1. The molecule has 2 aromatic rings. The number of hydrogen-bond acceptors (Lipinski definition) is 2. The first kappa shape index (κ1) is 11.8. The van der Waals surface area contributed by atoms with Gasteiger partial charge < -0.3 is 4.90 Å². The van der Waals surface area contributed by atoms with E-state index in [2.05, 4.69) is 4.98 Å².